The molecule has 0 radical (unpaired) electrons. The highest BCUT2D eigenvalue weighted by molar-refractivity contribution is 5.29. The SMILES string of the molecule is CCc1nc(C)ccc1OCc1nnc2n1CCOC2. The summed E-state index contributed by atoms with van der Waals surface area (Å²) >= 11 is 0. The highest BCUT2D eigenvalue weighted by Crippen LogP contribution is 2.19. The molecule has 2 aromatic heterocycles. The van der Waals surface area contributed by atoms with Gasteiger partial charge in [-0.3, -0.25) is 4.98 Å². The van der Waals surface area contributed by atoms with Gasteiger partial charge in [0.05, 0.1) is 12.3 Å². The van der Waals surface area contributed by atoms with Crippen LogP contribution in [0.2, 0.25) is 0 Å². The fourth-order valence-corrected chi connectivity index (χ4v) is 2.29. The van der Waals surface area contributed by atoms with Crippen molar-refractivity contribution < 1.29 is 9.47 Å². The maximum absolute atomic E-state index is 5.87. The lowest BCUT2D eigenvalue weighted by Gasteiger charge is -2.16. The first-order valence-electron chi connectivity index (χ1n) is 6.86. The van der Waals surface area contributed by atoms with Gasteiger partial charge in [-0.1, -0.05) is 6.92 Å². The fraction of sp³-hybridized carbons (Fsp3) is 0.500. The maximum atomic E-state index is 5.87. The fourth-order valence-electron chi connectivity index (χ4n) is 2.29. The molecule has 0 bridgehead atoms. The Morgan fingerprint density at radius 1 is 1.35 bits per heavy atom. The van der Waals surface area contributed by atoms with Gasteiger partial charge in [0.25, 0.3) is 0 Å². The van der Waals surface area contributed by atoms with Crippen molar-refractivity contribution in [3.8, 4) is 5.75 Å². The molecule has 3 heterocycles. The van der Waals surface area contributed by atoms with E-state index in [-0.39, 0.29) is 0 Å². The van der Waals surface area contributed by atoms with Crippen LogP contribution in [0.3, 0.4) is 0 Å². The summed E-state index contributed by atoms with van der Waals surface area (Å²) < 4.78 is 13.3. The summed E-state index contributed by atoms with van der Waals surface area (Å²) in [6.07, 6.45) is 0.850. The average molecular weight is 274 g/mol. The molecular formula is C14H18N4O2. The Labute approximate surface area is 117 Å². The molecule has 106 valence electrons. The molecule has 0 aromatic carbocycles. The van der Waals surface area contributed by atoms with Gasteiger partial charge >= 0.3 is 0 Å². The van der Waals surface area contributed by atoms with Crippen LogP contribution in [-0.4, -0.2) is 26.4 Å². The summed E-state index contributed by atoms with van der Waals surface area (Å²) in [5.41, 5.74) is 1.98. The molecule has 0 saturated carbocycles. The van der Waals surface area contributed by atoms with Gasteiger partial charge in [0, 0.05) is 12.2 Å². The quantitative estimate of drug-likeness (QED) is 0.848. The Hall–Kier alpha value is -1.95. The molecule has 0 N–H and O–H groups in total. The molecular weight excluding hydrogens is 256 g/mol. The lowest BCUT2D eigenvalue weighted by atomic mass is 10.2. The third-order valence-electron chi connectivity index (χ3n) is 3.36. The second-order valence-corrected chi connectivity index (χ2v) is 4.78. The third-order valence-corrected chi connectivity index (χ3v) is 3.36. The molecule has 0 atom stereocenters. The first-order chi connectivity index (χ1) is 9.78. The van der Waals surface area contributed by atoms with E-state index in [2.05, 4.69) is 26.7 Å². The van der Waals surface area contributed by atoms with Gasteiger partial charge in [0.15, 0.2) is 11.6 Å². The van der Waals surface area contributed by atoms with Gasteiger partial charge in [0.1, 0.15) is 19.0 Å². The number of ether oxygens (including phenoxy) is 2. The van der Waals surface area contributed by atoms with Gasteiger partial charge < -0.3 is 14.0 Å². The second kappa shape index (κ2) is 5.58. The van der Waals surface area contributed by atoms with E-state index in [1.54, 1.807) is 0 Å². The number of aryl methyl sites for hydroxylation is 2. The molecule has 3 rings (SSSR count). The van der Waals surface area contributed by atoms with Crippen LogP contribution in [0.5, 0.6) is 5.75 Å². The Morgan fingerprint density at radius 3 is 3.10 bits per heavy atom. The van der Waals surface area contributed by atoms with Crippen LogP contribution >= 0.6 is 0 Å². The Kier molecular flexibility index (Phi) is 3.64. The molecule has 0 saturated heterocycles. The monoisotopic (exact) mass is 274 g/mol. The highest BCUT2D eigenvalue weighted by atomic mass is 16.5. The van der Waals surface area contributed by atoms with Crippen molar-refractivity contribution in [1.82, 2.24) is 19.7 Å². The first-order valence-corrected chi connectivity index (χ1v) is 6.86. The largest absolute Gasteiger partial charge is 0.484 e. The zero-order valence-corrected chi connectivity index (χ0v) is 11.8. The van der Waals surface area contributed by atoms with Crippen molar-refractivity contribution in [2.24, 2.45) is 0 Å². The molecule has 6 nitrogen and oxygen atoms in total. The Morgan fingerprint density at radius 2 is 2.25 bits per heavy atom. The molecule has 0 fully saturated rings. The van der Waals surface area contributed by atoms with Crippen molar-refractivity contribution >= 4 is 0 Å². The predicted molar refractivity (Wildman–Crippen MR) is 72.4 cm³/mol. The lowest BCUT2D eigenvalue weighted by Crippen LogP contribution is -2.19. The smallest absolute Gasteiger partial charge is 0.171 e. The number of hydrogen-bond acceptors (Lipinski definition) is 5. The molecule has 0 unspecified atom stereocenters. The van der Waals surface area contributed by atoms with Crippen LogP contribution in [0.1, 0.15) is 30.0 Å². The standard InChI is InChI=1S/C14H18N4O2/c1-3-11-12(5-4-10(2)15-11)20-9-14-17-16-13-8-19-7-6-18(13)14/h4-5H,3,6-9H2,1-2H3. The van der Waals surface area contributed by atoms with E-state index in [4.69, 9.17) is 9.47 Å². The summed E-state index contributed by atoms with van der Waals surface area (Å²) in [7, 11) is 0. The van der Waals surface area contributed by atoms with Gasteiger partial charge in [-0.15, -0.1) is 10.2 Å². The maximum Gasteiger partial charge on any atom is 0.171 e. The van der Waals surface area contributed by atoms with E-state index in [1.807, 2.05) is 19.1 Å². The minimum absolute atomic E-state index is 0.407. The van der Waals surface area contributed by atoms with Crippen molar-refractivity contribution in [3.63, 3.8) is 0 Å². The molecule has 6 heteroatoms. The van der Waals surface area contributed by atoms with Crippen LogP contribution in [0.4, 0.5) is 0 Å². The highest BCUT2D eigenvalue weighted by Gasteiger charge is 2.16. The van der Waals surface area contributed by atoms with E-state index < -0.39 is 0 Å². The van der Waals surface area contributed by atoms with E-state index in [1.165, 1.54) is 0 Å². The topological polar surface area (TPSA) is 62.1 Å². The van der Waals surface area contributed by atoms with Gasteiger partial charge in [0.2, 0.25) is 0 Å². The van der Waals surface area contributed by atoms with Crippen LogP contribution in [0, 0.1) is 6.92 Å². The van der Waals surface area contributed by atoms with Crippen LogP contribution in [-0.2, 0) is 30.9 Å². The zero-order valence-electron chi connectivity index (χ0n) is 11.8. The van der Waals surface area contributed by atoms with E-state index >= 15 is 0 Å². The number of pyridine rings is 1. The van der Waals surface area contributed by atoms with Crippen LogP contribution < -0.4 is 4.74 Å². The predicted octanol–water partition coefficient (Wildman–Crippen LogP) is 1.65. The number of fused-ring (bicyclic) bond motifs is 1. The van der Waals surface area contributed by atoms with Crippen molar-refractivity contribution in [3.05, 3.63) is 35.2 Å². The lowest BCUT2D eigenvalue weighted by molar-refractivity contribution is 0.0794. The molecule has 1 aliphatic heterocycles. The van der Waals surface area contributed by atoms with E-state index in [0.717, 1.165) is 41.8 Å². The number of aromatic nitrogens is 4. The summed E-state index contributed by atoms with van der Waals surface area (Å²) in [5, 5.41) is 8.29. The second-order valence-electron chi connectivity index (χ2n) is 4.78. The Balaban J connectivity index is 1.75. The zero-order chi connectivity index (χ0) is 13.9. The van der Waals surface area contributed by atoms with Gasteiger partial charge in [-0.25, -0.2) is 0 Å². The van der Waals surface area contributed by atoms with E-state index in [0.29, 0.717) is 19.8 Å². The number of hydrogen-bond donors (Lipinski definition) is 0. The van der Waals surface area contributed by atoms with Crippen LogP contribution in [0.25, 0.3) is 0 Å². The van der Waals surface area contributed by atoms with Gasteiger partial charge in [-0.2, -0.15) is 0 Å². The summed E-state index contributed by atoms with van der Waals surface area (Å²) in [6.45, 7) is 6.48. The van der Waals surface area contributed by atoms with Crippen molar-refractivity contribution in [1.29, 1.82) is 0 Å². The minimum Gasteiger partial charge on any atom is -0.484 e. The molecule has 0 amide bonds. The van der Waals surface area contributed by atoms with Crippen LogP contribution in [0.15, 0.2) is 12.1 Å². The van der Waals surface area contributed by atoms with Crippen molar-refractivity contribution in [2.45, 2.75) is 40.0 Å². The third kappa shape index (κ3) is 2.51. The molecule has 20 heavy (non-hydrogen) atoms. The summed E-state index contributed by atoms with van der Waals surface area (Å²) in [5.74, 6) is 2.53. The normalized spacial score (nSPS) is 14.1. The van der Waals surface area contributed by atoms with Crippen molar-refractivity contribution in [2.75, 3.05) is 6.61 Å². The van der Waals surface area contributed by atoms with Gasteiger partial charge in [-0.05, 0) is 25.5 Å². The average Bonchev–Trinajstić information content (AvgIpc) is 2.89. The summed E-state index contributed by atoms with van der Waals surface area (Å²) in [6, 6.07) is 3.93. The molecule has 0 spiro atoms. The summed E-state index contributed by atoms with van der Waals surface area (Å²) in [4.78, 5) is 4.49. The number of rotatable bonds is 4. The Bertz CT molecular complexity index is 609. The van der Waals surface area contributed by atoms with E-state index in [9.17, 15) is 0 Å². The molecule has 1 aliphatic rings. The minimum atomic E-state index is 0.407. The first kappa shape index (κ1) is 13.1. The number of nitrogens with zero attached hydrogens (tertiary/aromatic N) is 4. The molecule has 2 aromatic rings. The molecule has 0 aliphatic carbocycles.